The van der Waals surface area contributed by atoms with Crippen molar-refractivity contribution in [3.8, 4) is 5.75 Å². The summed E-state index contributed by atoms with van der Waals surface area (Å²) in [5, 5.41) is 0. The lowest BCUT2D eigenvalue weighted by Gasteiger charge is -2.34. The number of carbonyl (C=O) groups is 1. The van der Waals surface area contributed by atoms with E-state index in [9.17, 15) is 9.18 Å². The summed E-state index contributed by atoms with van der Waals surface area (Å²) in [6, 6.07) is 14.5. The Morgan fingerprint density at radius 2 is 1.84 bits per heavy atom. The Kier molecular flexibility index (Phi) is 5.66. The molecule has 2 aromatic rings. The largest absolute Gasteiger partial charge is 0.484 e. The molecule has 0 bridgehead atoms. The summed E-state index contributed by atoms with van der Waals surface area (Å²) in [6.07, 6.45) is 0. The van der Waals surface area contributed by atoms with Crippen LogP contribution in [-0.2, 0) is 11.3 Å². The maximum absolute atomic E-state index is 13.7. The monoisotopic (exact) mass is 342 g/mol. The van der Waals surface area contributed by atoms with Gasteiger partial charge in [-0.3, -0.25) is 9.69 Å². The standard InChI is InChI=1S/C20H23FN2O2/c1-16-5-4-7-18(13-16)25-15-20(24)23-11-9-22(10-12-23)14-17-6-2-3-8-19(17)21/h2-8,13H,9-12,14-15H2,1H3. The van der Waals surface area contributed by atoms with Crippen molar-refractivity contribution in [2.75, 3.05) is 32.8 Å². The first-order chi connectivity index (χ1) is 12.1. The van der Waals surface area contributed by atoms with Crippen molar-refractivity contribution in [2.24, 2.45) is 0 Å². The minimum atomic E-state index is -0.174. The first-order valence-corrected chi connectivity index (χ1v) is 8.55. The predicted octanol–water partition coefficient (Wildman–Crippen LogP) is 2.86. The number of piperazine rings is 1. The first-order valence-electron chi connectivity index (χ1n) is 8.55. The van der Waals surface area contributed by atoms with Crippen molar-refractivity contribution in [1.29, 1.82) is 0 Å². The molecule has 3 rings (SSSR count). The van der Waals surface area contributed by atoms with Gasteiger partial charge in [-0.2, -0.15) is 0 Å². The van der Waals surface area contributed by atoms with Crippen molar-refractivity contribution in [3.63, 3.8) is 0 Å². The molecule has 0 N–H and O–H groups in total. The molecule has 1 fully saturated rings. The molecule has 1 amide bonds. The van der Waals surface area contributed by atoms with E-state index in [-0.39, 0.29) is 18.3 Å². The highest BCUT2D eigenvalue weighted by molar-refractivity contribution is 5.77. The number of rotatable bonds is 5. The minimum Gasteiger partial charge on any atom is -0.484 e. The Bertz CT molecular complexity index is 727. The fourth-order valence-electron chi connectivity index (χ4n) is 2.96. The number of halogens is 1. The summed E-state index contributed by atoms with van der Waals surface area (Å²) in [5.74, 6) is 0.533. The molecule has 0 aliphatic carbocycles. The summed E-state index contributed by atoms with van der Waals surface area (Å²) < 4.78 is 19.3. The van der Waals surface area contributed by atoms with E-state index in [1.54, 1.807) is 6.07 Å². The number of ether oxygens (including phenoxy) is 1. The maximum Gasteiger partial charge on any atom is 0.260 e. The van der Waals surface area contributed by atoms with E-state index in [0.29, 0.717) is 30.9 Å². The average Bonchev–Trinajstić information content (AvgIpc) is 2.62. The molecule has 1 aliphatic heterocycles. The van der Waals surface area contributed by atoms with Crippen LogP contribution in [0.3, 0.4) is 0 Å². The highest BCUT2D eigenvalue weighted by Gasteiger charge is 2.22. The second-order valence-electron chi connectivity index (χ2n) is 6.35. The van der Waals surface area contributed by atoms with Crippen molar-refractivity contribution in [1.82, 2.24) is 9.80 Å². The summed E-state index contributed by atoms with van der Waals surface area (Å²) in [5.41, 5.74) is 1.80. The van der Waals surface area contributed by atoms with Crippen molar-refractivity contribution in [3.05, 3.63) is 65.5 Å². The summed E-state index contributed by atoms with van der Waals surface area (Å²) >= 11 is 0. The molecule has 4 nitrogen and oxygen atoms in total. The van der Waals surface area contributed by atoms with Gasteiger partial charge in [0.15, 0.2) is 6.61 Å². The molecule has 0 spiro atoms. The third-order valence-corrected chi connectivity index (χ3v) is 4.43. The van der Waals surface area contributed by atoms with Gasteiger partial charge in [-0.1, -0.05) is 30.3 Å². The Morgan fingerprint density at radius 1 is 1.08 bits per heavy atom. The molecule has 1 aliphatic rings. The molecule has 1 heterocycles. The maximum atomic E-state index is 13.7. The van der Waals surface area contributed by atoms with Gasteiger partial charge >= 0.3 is 0 Å². The topological polar surface area (TPSA) is 32.8 Å². The van der Waals surface area contributed by atoms with Crippen LogP contribution in [-0.4, -0.2) is 48.5 Å². The number of benzene rings is 2. The van der Waals surface area contributed by atoms with E-state index >= 15 is 0 Å². The zero-order valence-corrected chi connectivity index (χ0v) is 14.5. The van der Waals surface area contributed by atoms with Crippen LogP contribution in [0.25, 0.3) is 0 Å². The molecule has 2 aromatic carbocycles. The highest BCUT2D eigenvalue weighted by atomic mass is 19.1. The third-order valence-electron chi connectivity index (χ3n) is 4.43. The molecule has 25 heavy (non-hydrogen) atoms. The molecular weight excluding hydrogens is 319 g/mol. The summed E-state index contributed by atoms with van der Waals surface area (Å²) in [7, 11) is 0. The van der Waals surface area contributed by atoms with Gasteiger partial charge in [0, 0.05) is 38.3 Å². The predicted molar refractivity (Wildman–Crippen MR) is 94.9 cm³/mol. The third kappa shape index (κ3) is 4.79. The molecule has 1 saturated heterocycles. The van der Waals surface area contributed by atoms with Crippen LogP contribution in [0.2, 0.25) is 0 Å². The van der Waals surface area contributed by atoms with Gasteiger partial charge in [0.25, 0.3) is 5.91 Å². The van der Waals surface area contributed by atoms with E-state index in [2.05, 4.69) is 4.90 Å². The Labute approximate surface area is 147 Å². The smallest absolute Gasteiger partial charge is 0.260 e. The quantitative estimate of drug-likeness (QED) is 0.838. The van der Waals surface area contributed by atoms with Crippen LogP contribution in [0.4, 0.5) is 4.39 Å². The number of nitrogens with zero attached hydrogens (tertiary/aromatic N) is 2. The zero-order chi connectivity index (χ0) is 17.6. The molecule has 0 saturated carbocycles. The van der Waals surface area contributed by atoms with Crippen molar-refractivity contribution in [2.45, 2.75) is 13.5 Å². The molecule has 0 atom stereocenters. The van der Waals surface area contributed by atoms with Crippen LogP contribution in [0.1, 0.15) is 11.1 Å². The van der Waals surface area contributed by atoms with Gasteiger partial charge in [0.2, 0.25) is 0 Å². The normalized spacial score (nSPS) is 15.2. The fourth-order valence-corrected chi connectivity index (χ4v) is 2.96. The number of carbonyl (C=O) groups excluding carboxylic acids is 1. The Hall–Kier alpha value is -2.40. The van der Waals surface area contributed by atoms with E-state index in [0.717, 1.165) is 18.7 Å². The lowest BCUT2D eigenvalue weighted by Crippen LogP contribution is -2.49. The van der Waals surface area contributed by atoms with Crippen LogP contribution in [0.5, 0.6) is 5.75 Å². The van der Waals surface area contributed by atoms with E-state index in [1.807, 2.05) is 48.2 Å². The Morgan fingerprint density at radius 3 is 2.56 bits per heavy atom. The van der Waals surface area contributed by atoms with Gasteiger partial charge in [-0.05, 0) is 30.7 Å². The van der Waals surface area contributed by atoms with Crippen molar-refractivity contribution < 1.29 is 13.9 Å². The van der Waals surface area contributed by atoms with Crippen molar-refractivity contribution >= 4 is 5.91 Å². The molecule has 5 heteroatoms. The average molecular weight is 342 g/mol. The summed E-state index contributed by atoms with van der Waals surface area (Å²) in [4.78, 5) is 16.3. The fraction of sp³-hybridized carbons (Fsp3) is 0.350. The van der Waals surface area contributed by atoms with E-state index in [4.69, 9.17) is 4.74 Å². The SMILES string of the molecule is Cc1cccc(OCC(=O)N2CCN(Cc3ccccc3F)CC2)c1. The van der Waals surface area contributed by atoms with Crippen LogP contribution >= 0.6 is 0 Å². The first kappa shape index (κ1) is 17.4. The minimum absolute atomic E-state index is 0.00736. The lowest BCUT2D eigenvalue weighted by molar-refractivity contribution is -0.135. The van der Waals surface area contributed by atoms with E-state index in [1.165, 1.54) is 6.07 Å². The zero-order valence-electron chi connectivity index (χ0n) is 14.5. The second kappa shape index (κ2) is 8.12. The number of aryl methyl sites for hydroxylation is 1. The van der Waals surface area contributed by atoms with Crippen LogP contribution < -0.4 is 4.74 Å². The summed E-state index contributed by atoms with van der Waals surface area (Å²) in [6.45, 7) is 5.39. The van der Waals surface area contributed by atoms with Gasteiger partial charge < -0.3 is 9.64 Å². The number of amides is 1. The number of hydrogen-bond acceptors (Lipinski definition) is 3. The van der Waals surface area contributed by atoms with Gasteiger partial charge in [-0.15, -0.1) is 0 Å². The molecule has 132 valence electrons. The van der Waals surface area contributed by atoms with Gasteiger partial charge in [0.05, 0.1) is 0 Å². The Balaban J connectivity index is 1.45. The van der Waals surface area contributed by atoms with Crippen LogP contribution in [0.15, 0.2) is 48.5 Å². The number of hydrogen-bond donors (Lipinski definition) is 0. The van der Waals surface area contributed by atoms with Crippen LogP contribution in [0, 0.1) is 12.7 Å². The second-order valence-corrected chi connectivity index (χ2v) is 6.35. The molecular formula is C20H23FN2O2. The molecule has 0 unspecified atom stereocenters. The molecule has 0 aromatic heterocycles. The van der Waals surface area contributed by atoms with Gasteiger partial charge in [-0.25, -0.2) is 4.39 Å². The van der Waals surface area contributed by atoms with E-state index < -0.39 is 0 Å². The molecule has 0 radical (unpaired) electrons. The lowest BCUT2D eigenvalue weighted by atomic mass is 10.2. The van der Waals surface area contributed by atoms with Gasteiger partial charge in [0.1, 0.15) is 11.6 Å². The highest BCUT2D eigenvalue weighted by Crippen LogP contribution is 2.14.